The molecule has 2 amide bonds. The van der Waals surface area contributed by atoms with E-state index in [1.54, 1.807) is 17.0 Å². The molecule has 1 N–H and O–H groups in total. The number of nitrogens with zero attached hydrogens (tertiary/aromatic N) is 2. The number of nitrogens with one attached hydrogen (secondary N) is 1. The van der Waals surface area contributed by atoms with Crippen LogP contribution in [-0.2, 0) is 17.8 Å². The number of hydrogen-bond acceptors (Lipinski definition) is 4. The Hall–Kier alpha value is -2.31. The van der Waals surface area contributed by atoms with E-state index in [0.717, 1.165) is 43.6 Å². The minimum Gasteiger partial charge on any atom is -0.459 e. The van der Waals surface area contributed by atoms with Crippen LogP contribution in [-0.4, -0.2) is 54.3 Å². The predicted octanol–water partition coefficient (Wildman–Crippen LogP) is 2.73. The topological polar surface area (TPSA) is 65.8 Å². The van der Waals surface area contributed by atoms with E-state index in [2.05, 4.69) is 11.4 Å². The van der Waals surface area contributed by atoms with Crippen molar-refractivity contribution < 1.29 is 14.0 Å². The second kappa shape index (κ2) is 9.46. The standard InChI is InChI=1S/C22H27N3O3.ClH/c1-23-14-16-8-10-24(11-9-16)21(26)19-13-17-5-2-3-6-18(17)15-25(19)22(27)20-7-4-12-28-20;/h2-7,12,16,19,23H,8-11,13-15H2,1H3;1H. The maximum Gasteiger partial charge on any atom is 0.290 e. The molecule has 6 nitrogen and oxygen atoms in total. The molecule has 0 bridgehead atoms. The first-order chi connectivity index (χ1) is 13.7. The monoisotopic (exact) mass is 417 g/mol. The summed E-state index contributed by atoms with van der Waals surface area (Å²) in [5.74, 6) is 0.729. The molecule has 2 aliphatic rings. The Morgan fingerprint density at radius 2 is 1.83 bits per heavy atom. The van der Waals surface area contributed by atoms with E-state index in [0.29, 0.717) is 18.9 Å². The fourth-order valence-corrected chi connectivity index (χ4v) is 4.36. The second-order valence-electron chi connectivity index (χ2n) is 7.73. The number of fused-ring (bicyclic) bond motifs is 1. The Kier molecular flexibility index (Phi) is 6.98. The van der Waals surface area contributed by atoms with Crippen molar-refractivity contribution in [3.8, 4) is 0 Å². The van der Waals surface area contributed by atoms with E-state index < -0.39 is 6.04 Å². The molecule has 3 heterocycles. The van der Waals surface area contributed by atoms with Crippen LogP contribution in [0.3, 0.4) is 0 Å². The van der Waals surface area contributed by atoms with Crippen molar-refractivity contribution in [2.24, 2.45) is 5.92 Å². The molecule has 0 radical (unpaired) electrons. The summed E-state index contributed by atoms with van der Waals surface area (Å²) in [7, 11) is 1.97. The number of amides is 2. The van der Waals surface area contributed by atoms with Gasteiger partial charge in [0.15, 0.2) is 5.76 Å². The third-order valence-electron chi connectivity index (χ3n) is 5.95. The van der Waals surface area contributed by atoms with Crippen molar-refractivity contribution in [2.75, 3.05) is 26.7 Å². The zero-order chi connectivity index (χ0) is 19.5. The number of halogens is 1. The quantitative estimate of drug-likeness (QED) is 0.830. The number of carbonyl (C=O) groups excluding carboxylic acids is 2. The molecule has 1 atom stereocenters. The van der Waals surface area contributed by atoms with E-state index >= 15 is 0 Å². The molecule has 2 aromatic rings. The van der Waals surface area contributed by atoms with Crippen molar-refractivity contribution in [1.29, 1.82) is 0 Å². The number of furan rings is 1. The maximum atomic E-state index is 13.4. The number of benzene rings is 1. The van der Waals surface area contributed by atoms with Gasteiger partial charge in [-0.15, -0.1) is 12.4 Å². The van der Waals surface area contributed by atoms with Crippen molar-refractivity contribution in [3.05, 3.63) is 59.5 Å². The average Bonchev–Trinajstić information content (AvgIpc) is 3.27. The average molecular weight is 418 g/mol. The zero-order valence-electron chi connectivity index (χ0n) is 16.7. The Morgan fingerprint density at radius 3 is 2.48 bits per heavy atom. The van der Waals surface area contributed by atoms with Gasteiger partial charge in [0.05, 0.1) is 6.26 Å². The van der Waals surface area contributed by atoms with Crippen LogP contribution in [0.2, 0.25) is 0 Å². The molecule has 0 saturated carbocycles. The highest BCUT2D eigenvalue weighted by atomic mass is 35.5. The summed E-state index contributed by atoms with van der Waals surface area (Å²) in [6.45, 7) is 2.93. The molecule has 1 saturated heterocycles. The zero-order valence-corrected chi connectivity index (χ0v) is 17.5. The summed E-state index contributed by atoms with van der Waals surface area (Å²) in [6, 6.07) is 10.9. The molecular weight excluding hydrogens is 390 g/mol. The SMILES string of the molecule is CNCC1CCN(C(=O)C2Cc3ccccc3CN2C(=O)c2ccco2)CC1.Cl. The van der Waals surface area contributed by atoms with E-state index in [-0.39, 0.29) is 30.0 Å². The minimum absolute atomic E-state index is 0. The largest absolute Gasteiger partial charge is 0.459 e. The Balaban J connectivity index is 0.00000240. The van der Waals surface area contributed by atoms with E-state index in [1.165, 1.54) is 6.26 Å². The lowest BCUT2D eigenvalue weighted by molar-refractivity contribution is -0.138. The predicted molar refractivity (Wildman–Crippen MR) is 113 cm³/mol. The van der Waals surface area contributed by atoms with Crippen LogP contribution >= 0.6 is 12.4 Å². The number of likely N-dealkylation sites (tertiary alicyclic amines) is 1. The summed E-state index contributed by atoms with van der Waals surface area (Å²) < 4.78 is 5.33. The first-order valence-corrected chi connectivity index (χ1v) is 10.0. The normalized spacial score (nSPS) is 19.4. The molecule has 0 spiro atoms. The Labute approximate surface area is 177 Å². The fraction of sp³-hybridized carbons (Fsp3) is 0.455. The van der Waals surface area contributed by atoms with Crippen molar-refractivity contribution >= 4 is 24.2 Å². The van der Waals surface area contributed by atoms with Gasteiger partial charge in [0.1, 0.15) is 6.04 Å². The number of piperidine rings is 1. The van der Waals surface area contributed by atoms with E-state index in [4.69, 9.17) is 4.42 Å². The van der Waals surface area contributed by atoms with Crippen LogP contribution in [0, 0.1) is 5.92 Å². The van der Waals surface area contributed by atoms with Crippen molar-refractivity contribution in [2.45, 2.75) is 31.8 Å². The molecule has 1 aromatic carbocycles. The first-order valence-electron chi connectivity index (χ1n) is 10.0. The molecule has 156 valence electrons. The highest BCUT2D eigenvalue weighted by molar-refractivity contribution is 5.96. The Bertz CT molecular complexity index is 832. The lowest BCUT2D eigenvalue weighted by Gasteiger charge is -2.40. The molecule has 29 heavy (non-hydrogen) atoms. The maximum absolute atomic E-state index is 13.4. The summed E-state index contributed by atoms with van der Waals surface area (Å²) in [5.41, 5.74) is 2.24. The van der Waals surface area contributed by atoms with Gasteiger partial charge in [-0.3, -0.25) is 9.59 Å². The van der Waals surface area contributed by atoms with Gasteiger partial charge in [0.2, 0.25) is 5.91 Å². The van der Waals surface area contributed by atoms with Gasteiger partial charge >= 0.3 is 0 Å². The van der Waals surface area contributed by atoms with Crippen LogP contribution < -0.4 is 5.32 Å². The molecule has 0 aliphatic carbocycles. The number of hydrogen-bond donors (Lipinski definition) is 1. The first kappa shape index (κ1) is 21.4. The lowest BCUT2D eigenvalue weighted by Crippen LogP contribution is -2.55. The third kappa shape index (κ3) is 4.49. The molecule has 7 heteroatoms. The van der Waals surface area contributed by atoms with Crippen LogP contribution in [0.5, 0.6) is 0 Å². The van der Waals surface area contributed by atoms with Gasteiger partial charge in [-0.05, 0) is 55.6 Å². The molecule has 1 unspecified atom stereocenters. The number of carbonyl (C=O) groups is 2. The molecule has 2 aliphatic heterocycles. The molecule has 1 fully saturated rings. The summed E-state index contributed by atoms with van der Waals surface area (Å²) in [4.78, 5) is 30.1. The second-order valence-corrected chi connectivity index (χ2v) is 7.73. The summed E-state index contributed by atoms with van der Waals surface area (Å²) >= 11 is 0. The van der Waals surface area contributed by atoms with Gasteiger partial charge in [0, 0.05) is 26.1 Å². The van der Waals surface area contributed by atoms with Crippen molar-refractivity contribution in [1.82, 2.24) is 15.1 Å². The summed E-state index contributed by atoms with van der Waals surface area (Å²) in [5, 5.41) is 3.23. The van der Waals surface area contributed by atoms with Crippen molar-refractivity contribution in [3.63, 3.8) is 0 Å². The van der Waals surface area contributed by atoms with Gasteiger partial charge in [-0.25, -0.2) is 0 Å². The van der Waals surface area contributed by atoms with E-state index in [1.807, 2.05) is 30.1 Å². The summed E-state index contributed by atoms with van der Waals surface area (Å²) in [6.07, 6.45) is 4.05. The molecule has 1 aromatic heterocycles. The van der Waals surface area contributed by atoms with Crippen LogP contribution in [0.1, 0.15) is 34.5 Å². The Morgan fingerprint density at radius 1 is 1.10 bits per heavy atom. The highest BCUT2D eigenvalue weighted by Crippen LogP contribution is 2.27. The van der Waals surface area contributed by atoms with Gasteiger partial charge in [-0.1, -0.05) is 24.3 Å². The lowest BCUT2D eigenvalue weighted by atomic mass is 9.91. The fourth-order valence-electron chi connectivity index (χ4n) is 4.36. The van der Waals surface area contributed by atoms with Crippen LogP contribution in [0.15, 0.2) is 47.1 Å². The minimum atomic E-state index is -0.478. The number of rotatable bonds is 4. The van der Waals surface area contributed by atoms with Crippen LogP contribution in [0.25, 0.3) is 0 Å². The van der Waals surface area contributed by atoms with Gasteiger partial charge in [0.25, 0.3) is 5.91 Å². The van der Waals surface area contributed by atoms with Gasteiger partial charge in [-0.2, -0.15) is 0 Å². The van der Waals surface area contributed by atoms with Crippen LogP contribution in [0.4, 0.5) is 0 Å². The smallest absolute Gasteiger partial charge is 0.290 e. The molecular formula is C22H28ClN3O3. The highest BCUT2D eigenvalue weighted by Gasteiger charge is 2.38. The molecule has 4 rings (SSSR count). The van der Waals surface area contributed by atoms with Gasteiger partial charge < -0.3 is 19.5 Å². The van der Waals surface area contributed by atoms with E-state index in [9.17, 15) is 9.59 Å². The third-order valence-corrected chi connectivity index (χ3v) is 5.95.